The van der Waals surface area contributed by atoms with Crippen LogP contribution in [0.25, 0.3) is 0 Å². The van der Waals surface area contributed by atoms with Crippen LogP contribution < -0.4 is 0 Å². The summed E-state index contributed by atoms with van der Waals surface area (Å²) in [6.45, 7) is 10.6. The van der Waals surface area contributed by atoms with E-state index in [1.54, 1.807) is 6.08 Å². The lowest BCUT2D eigenvalue weighted by molar-refractivity contribution is 0.195. The molecule has 114 valence electrons. The number of hydrogen-bond acceptors (Lipinski definition) is 1. The highest BCUT2D eigenvalue weighted by molar-refractivity contribution is 9.09. The number of allylic oxidation sites excluding steroid dienone is 3. The molecule has 2 heteroatoms. The molecule has 0 aromatic rings. The van der Waals surface area contributed by atoms with Crippen LogP contribution in [0.4, 0.5) is 0 Å². The Hall–Kier alpha value is -0.340. The van der Waals surface area contributed by atoms with Crippen LogP contribution >= 0.6 is 15.9 Å². The molecule has 20 heavy (non-hydrogen) atoms. The molecule has 0 aromatic heterocycles. The molecule has 0 heterocycles. The van der Waals surface area contributed by atoms with Crippen LogP contribution in [0.5, 0.6) is 0 Å². The first kappa shape index (κ1) is 17.7. The van der Waals surface area contributed by atoms with Gasteiger partial charge in [-0.2, -0.15) is 0 Å². The highest BCUT2D eigenvalue weighted by Gasteiger charge is 2.36. The van der Waals surface area contributed by atoms with E-state index in [0.29, 0.717) is 5.92 Å². The Morgan fingerprint density at radius 3 is 2.80 bits per heavy atom. The van der Waals surface area contributed by atoms with Crippen molar-refractivity contribution in [1.82, 2.24) is 0 Å². The third-order valence-electron chi connectivity index (χ3n) is 4.61. The number of unbranched alkanes of at least 4 members (excludes halogenated alkanes) is 1. The monoisotopic (exact) mass is 340 g/mol. The Labute approximate surface area is 133 Å². The third-order valence-corrected chi connectivity index (χ3v) is 5.17. The number of alkyl halides is 1. The van der Waals surface area contributed by atoms with Crippen molar-refractivity contribution in [3.05, 3.63) is 36.0 Å². The minimum absolute atomic E-state index is 0.136. The minimum Gasteiger partial charge on any atom is -0.389 e. The summed E-state index contributed by atoms with van der Waals surface area (Å²) >= 11 is 3.47. The van der Waals surface area contributed by atoms with Crippen LogP contribution in [-0.4, -0.2) is 16.5 Å². The standard InChI is InChI=1S/C18H29BrO/c1-5-16(20)13-17-14(2)10-11-15(18(17,3)4)9-7-6-8-12-19/h5,7,9,15-16,20H,1,6,8,10-13H2,2-4H3/b9-7-. The summed E-state index contributed by atoms with van der Waals surface area (Å²) in [6, 6.07) is 0. The molecule has 0 saturated heterocycles. The highest BCUT2D eigenvalue weighted by atomic mass is 79.9. The fraction of sp³-hybridized carbons (Fsp3) is 0.667. The quantitative estimate of drug-likeness (QED) is 0.373. The van der Waals surface area contributed by atoms with Crippen molar-refractivity contribution in [2.75, 3.05) is 5.33 Å². The van der Waals surface area contributed by atoms with E-state index in [2.05, 4.69) is 55.4 Å². The molecule has 0 bridgehead atoms. The number of rotatable bonds is 7. The van der Waals surface area contributed by atoms with E-state index < -0.39 is 6.10 Å². The molecule has 1 N–H and O–H groups in total. The molecule has 0 spiro atoms. The molecule has 2 unspecified atom stereocenters. The van der Waals surface area contributed by atoms with Gasteiger partial charge in [-0.05, 0) is 50.4 Å². The molecule has 0 saturated carbocycles. The predicted octanol–water partition coefficient (Wildman–Crippen LogP) is 5.41. The van der Waals surface area contributed by atoms with Crippen LogP contribution in [0.1, 0.15) is 52.9 Å². The van der Waals surface area contributed by atoms with Crippen molar-refractivity contribution in [3.8, 4) is 0 Å². The molecule has 1 nitrogen and oxygen atoms in total. The molecule has 0 fully saturated rings. The lowest BCUT2D eigenvalue weighted by Crippen LogP contribution is -2.31. The highest BCUT2D eigenvalue weighted by Crippen LogP contribution is 2.47. The Balaban J connectivity index is 2.83. The van der Waals surface area contributed by atoms with Gasteiger partial charge < -0.3 is 5.11 Å². The second kappa shape index (κ2) is 8.19. The second-order valence-electron chi connectivity index (χ2n) is 6.39. The first-order valence-electron chi connectivity index (χ1n) is 7.65. The smallest absolute Gasteiger partial charge is 0.0755 e. The normalized spacial score (nSPS) is 24.1. The zero-order valence-corrected chi connectivity index (χ0v) is 14.7. The minimum atomic E-state index is -0.421. The van der Waals surface area contributed by atoms with E-state index in [4.69, 9.17) is 0 Å². The maximum atomic E-state index is 9.92. The maximum Gasteiger partial charge on any atom is 0.0755 e. The SMILES string of the molecule is C=CC(O)CC1=C(C)CCC(/C=C\CCCBr)C1(C)C. The van der Waals surface area contributed by atoms with Gasteiger partial charge in [0, 0.05) is 5.33 Å². The number of aliphatic hydroxyl groups is 1. The zero-order chi connectivity index (χ0) is 15.2. The Kier molecular flexibility index (Phi) is 7.25. The van der Waals surface area contributed by atoms with Gasteiger partial charge in [0.1, 0.15) is 0 Å². The van der Waals surface area contributed by atoms with E-state index in [-0.39, 0.29) is 5.41 Å². The van der Waals surface area contributed by atoms with Crippen LogP contribution in [0.2, 0.25) is 0 Å². The van der Waals surface area contributed by atoms with Crippen molar-refractivity contribution in [3.63, 3.8) is 0 Å². The summed E-state index contributed by atoms with van der Waals surface area (Å²) in [7, 11) is 0. The zero-order valence-electron chi connectivity index (χ0n) is 13.2. The van der Waals surface area contributed by atoms with E-state index in [1.165, 1.54) is 24.0 Å². The molecule has 1 rings (SSSR count). The molecular weight excluding hydrogens is 312 g/mol. The summed E-state index contributed by atoms with van der Waals surface area (Å²) in [4.78, 5) is 0. The molecule has 0 radical (unpaired) electrons. The Bertz CT molecular complexity index is 379. The van der Waals surface area contributed by atoms with Gasteiger partial charge in [-0.25, -0.2) is 0 Å². The summed E-state index contributed by atoms with van der Waals surface area (Å²) in [5.74, 6) is 0.577. The molecule has 0 amide bonds. The molecule has 1 aliphatic carbocycles. The van der Waals surface area contributed by atoms with Gasteiger partial charge in [0.25, 0.3) is 0 Å². The largest absolute Gasteiger partial charge is 0.389 e. The van der Waals surface area contributed by atoms with Gasteiger partial charge in [-0.3, -0.25) is 0 Å². The molecule has 1 aliphatic rings. The average Bonchev–Trinajstić information content (AvgIpc) is 2.41. The van der Waals surface area contributed by atoms with Gasteiger partial charge in [-0.15, -0.1) is 6.58 Å². The van der Waals surface area contributed by atoms with Crippen LogP contribution in [0.3, 0.4) is 0 Å². The van der Waals surface area contributed by atoms with E-state index >= 15 is 0 Å². The number of hydrogen-bond donors (Lipinski definition) is 1. The van der Waals surface area contributed by atoms with E-state index in [0.717, 1.165) is 24.6 Å². The summed E-state index contributed by atoms with van der Waals surface area (Å²) in [5.41, 5.74) is 3.02. The van der Waals surface area contributed by atoms with Gasteiger partial charge in [-0.1, -0.05) is 59.2 Å². The molecule has 0 aromatic carbocycles. The average molecular weight is 341 g/mol. The fourth-order valence-corrected chi connectivity index (χ4v) is 3.50. The maximum absolute atomic E-state index is 9.92. The van der Waals surface area contributed by atoms with Crippen LogP contribution in [-0.2, 0) is 0 Å². The van der Waals surface area contributed by atoms with Gasteiger partial charge in [0.05, 0.1) is 6.10 Å². The molecule has 2 atom stereocenters. The summed E-state index contributed by atoms with van der Waals surface area (Å²) in [5, 5.41) is 11.0. The van der Waals surface area contributed by atoms with Crippen molar-refractivity contribution in [2.24, 2.45) is 11.3 Å². The number of aliphatic hydroxyl groups excluding tert-OH is 1. The van der Waals surface area contributed by atoms with Crippen molar-refractivity contribution < 1.29 is 5.11 Å². The first-order valence-corrected chi connectivity index (χ1v) is 8.78. The van der Waals surface area contributed by atoms with E-state index in [1.807, 2.05) is 0 Å². The van der Waals surface area contributed by atoms with Gasteiger partial charge in [0.15, 0.2) is 0 Å². The third kappa shape index (κ3) is 4.60. The van der Waals surface area contributed by atoms with Crippen molar-refractivity contribution in [2.45, 2.75) is 59.0 Å². The topological polar surface area (TPSA) is 20.2 Å². The molecule has 0 aliphatic heterocycles. The predicted molar refractivity (Wildman–Crippen MR) is 92.2 cm³/mol. The summed E-state index contributed by atoms with van der Waals surface area (Å²) in [6.07, 6.45) is 11.4. The van der Waals surface area contributed by atoms with Gasteiger partial charge in [0.2, 0.25) is 0 Å². The van der Waals surface area contributed by atoms with Crippen molar-refractivity contribution in [1.29, 1.82) is 0 Å². The fourth-order valence-electron chi connectivity index (χ4n) is 3.18. The Morgan fingerprint density at radius 1 is 1.50 bits per heavy atom. The van der Waals surface area contributed by atoms with Crippen LogP contribution in [0.15, 0.2) is 36.0 Å². The number of halogens is 1. The van der Waals surface area contributed by atoms with E-state index in [9.17, 15) is 5.11 Å². The second-order valence-corrected chi connectivity index (χ2v) is 7.19. The van der Waals surface area contributed by atoms with Crippen LogP contribution in [0, 0.1) is 11.3 Å². The molecular formula is C18H29BrO. The summed E-state index contributed by atoms with van der Waals surface area (Å²) < 4.78 is 0. The lowest BCUT2D eigenvalue weighted by atomic mass is 9.64. The first-order chi connectivity index (χ1) is 9.43. The lowest BCUT2D eigenvalue weighted by Gasteiger charge is -2.41. The Morgan fingerprint density at radius 2 is 2.20 bits per heavy atom. The van der Waals surface area contributed by atoms with Crippen molar-refractivity contribution >= 4 is 15.9 Å². The van der Waals surface area contributed by atoms with Gasteiger partial charge >= 0.3 is 0 Å².